The standard InChI is InChI=1S/C14H28O3Si/c1-14(2,3)18(4,5)17-9-7-6-8-11-10-12(11)13(15)16/h11-12H,6-10H2,1-5H3,(H,15,16). The van der Waals surface area contributed by atoms with E-state index in [9.17, 15) is 4.79 Å². The van der Waals surface area contributed by atoms with Crippen LogP contribution in [0.25, 0.3) is 0 Å². The molecule has 0 aromatic heterocycles. The van der Waals surface area contributed by atoms with Crippen molar-refractivity contribution < 1.29 is 14.3 Å². The zero-order valence-electron chi connectivity index (χ0n) is 12.5. The molecule has 0 bridgehead atoms. The van der Waals surface area contributed by atoms with Gasteiger partial charge >= 0.3 is 5.97 Å². The zero-order valence-corrected chi connectivity index (χ0v) is 13.5. The van der Waals surface area contributed by atoms with E-state index in [4.69, 9.17) is 9.53 Å². The molecule has 0 aromatic rings. The number of carboxylic acid groups (broad SMARTS) is 1. The molecule has 3 nitrogen and oxygen atoms in total. The molecule has 0 radical (unpaired) electrons. The summed E-state index contributed by atoms with van der Waals surface area (Å²) in [5.74, 6) is -0.223. The van der Waals surface area contributed by atoms with E-state index in [1.54, 1.807) is 0 Å². The Balaban J connectivity index is 2.08. The first-order chi connectivity index (χ1) is 8.15. The SMILES string of the molecule is CC(C)(C)[Si](C)(C)OCCCCC1CC1C(=O)O. The number of hydrogen-bond acceptors (Lipinski definition) is 2. The number of unbranched alkanes of at least 4 members (excludes halogenated alkanes) is 1. The fourth-order valence-corrected chi connectivity index (χ4v) is 3.01. The average Bonchev–Trinajstić information content (AvgIpc) is 2.94. The van der Waals surface area contributed by atoms with Crippen molar-refractivity contribution in [3.63, 3.8) is 0 Å². The third-order valence-corrected chi connectivity index (χ3v) is 9.02. The van der Waals surface area contributed by atoms with Crippen molar-refractivity contribution in [1.82, 2.24) is 0 Å². The van der Waals surface area contributed by atoms with Crippen LogP contribution in [-0.2, 0) is 9.22 Å². The Bertz CT molecular complexity index is 294. The van der Waals surface area contributed by atoms with Crippen LogP contribution in [-0.4, -0.2) is 26.0 Å². The molecule has 0 amide bonds. The molecule has 2 atom stereocenters. The Morgan fingerprint density at radius 3 is 2.39 bits per heavy atom. The first kappa shape index (κ1) is 15.7. The number of carbonyl (C=O) groups is 1. The molecule has 1 fully saturated rings. The van der Waals surface area contributed by atoms with Crippen molar-refractivity contribution in [3.8, 4) is 0 Å². The van der Waals surface area contributed by atoms with Crippen molar-refractivity contribution in [2.24, 2.45) is 11.8 Å². The van der Waals surface area contributed by atoms with Gasteiger partial charge in [-0.3, -0.25) is 4.79 Å². The summed E-state index contributed by atoms with van der Waals surface area (Å²) >= 11 is 0. The molecule has 2 unspecified atom stereocenters. The molecule has 0 aliphatic heterocycles. The van der Waals surface area contributed by atoms with Crippen LogP contribution in [0.15, 0.2) is 0 Å². The van der Waals surface area contributed by atoms with Gasteiger partial charge in [-0.1, -0.05) is 27.2 Å². The molecule has 0 aromatic carbocycles. The first-order valence-electron chi connectivity index (χ1n) is 7.02. The number of rotatable bonds is 7. The predicted octanol–water partition coefficient (Wildman–Crippen LogP) is 3.90. The second-order valence-corrected chi connectivity index (χ2v) is 11.9. The van der Waals surface area contributed by atoms with E-state index in [0.717, 1.165) is 32.3 Å². The zero-order chi connectivity index (χ0) is 14.0. The van der Waals surface area contributed by atoms with Crippen LogP contribution in [0.5, 0.6) is 0 Å². The number of carboxylic acids is 1. The maximum Gasteiger partial charge on any atom is 0.306 e. The molecule has 18 heavy (non-hydrogen) atoms. The summed E-state index contributed by atoms with van der Waals surface area (Å²) < 4.78 is 6.09. The minimum Gasteiger partial charge on any atom is -0.481 e. The van der Waals surface area contributed by atoms with E-state index < -0.39 is 14.3 Å². The number of aliphatic carboxylic acids is 1. The average molecular weight is 272 g/mol. The smallest absolute Gasteiger partial charge is 0.306 e. The summed E-state index contributed by atoms with van der Waals surface area (Å²) in [6.07, 6.45) is 4.11. The lowest BCUT2D eigenvalue weighted by molar-refractivity contribution is -0.138. The van der Waals surface area contributed by atoms with Crippen molar-refractivity contribution >= 4 is 14.3 Å². The molecule has 106 valence electrons. The molecule has 1 N–H and O–H groups in total. The molecule has 0 heterocycles. The summed E-state index contributed by atoms with van der Waals surface area (Å²) in [7, 11) is -1.59. The normalized spacial score (nSPS) is 24.1. The van der Waals surface area contributed by atoms with E-state index >= 15 is 0 Å². The third-order valence-electron chi connectivity index (χ3n) is 4.48. The van der Waals surface area contributed by atoms with Crippen molar-refractivity contribution in [2.75, 3.05) is 6.61 Å². The van der Waals surface area contributed by atoms with Gasteiger partial charge in [-0.25, -0.2) is 0 Å². The van der Waals surface area contributed by atoms with Gasteiger partial charge in [0.15, 0.2) is 8.32 Å². The molecule has 1 aliphatic carbocycles. The van der Waals surface area contributed by atoms with Crippen molar-refractivity contribution in [2.45, 2.75) is 64.6 Å². The molecule has 1 rings (SSSR count). The summed E-state index contributed by atoms with van der Waals surface area (Å²) in [5, 5.41) is 9.08. The maximum atomic E-state index is 10.7. The van der Waals surface area contributed by atoms with Gasteiger partial charge in [-0.2, -0.15) is 0 Å². The fraction of sp³-hybridized carbons (Fsp3) is 0.929. The topological polar surface area (TPSA) is 46.5 Å². The molecule has 0 spiro atoms. The summed E-state index contributed by atoms with van der Waals surface area (Å²) in [6.45, 7) is 12.1. The maximum absolute atomic E-state index is 10.7. The highest BCUT2D eigenvalue weighted by Gasteiger charge is 2.42. The van der Waals surface area contributed by atoms with Gasteiger partial charge in [0.2, 0.25) is 0 Å². The minimum absolute atomic E-state index is 0.0497. The van der Waals surface area contributed by atoms with E-state index in [1.807, 2.05) is 0 Å². The van der Waals surface area contributed by atoms with Crippen LogP contribution >= 0.6 is 0 Å². The second kappa shape index (κ2) is 5.74. The molecule has 1 saturated carbocycles. The third kappa shape index (κ3) is 4.39. The summed E-state index contributed by atoms with van der Waals surface area (Å²) in [4.78, 5) is 10.7. The predicted molar refractivity (Wildman–Crippen MR) is 76.2 cm³/mol. The summed E-state index contributed by atoms with van der Waals surface area (Å²) in [6, 6.07) is 0. The lowest BCUT2D eigenvalue weighted by atomic mass is 10.1. The Morgan fingerprint density at radius 1 is 1.33 bits per heavy atom. The fourth-order valence-electron chi connectivity index (χ4n) is 1.92. The Hall–Kier alpha value is -0.353. The summed E-state index contributed by atoms with van der Waals surface area (Å²) in [5.41, 5.74) is 0. The Labute approximate surface area is 112 Å². The van der Waals surface area contributed by atoms with E-state index in [0.29, 0.717) is 5.92 Å². The van der Waals surface area contributed by atoms with Gasteiger partial charge in [0.1, 0.15) is 0 Å². The van der Waals surface area contributed by atoms with E-state index in [1.165, 1.54) is 0 Å². The molecular formula is C14H28O3Si. The van der Waals surface area contributed by atoms with Gasteiger partial charge in [0.05, 0.1) is 5.92 Å². The Morgan fingerprint density at radius 2 is 1.94 bits per heavy atom. The van der Waals surface area contributed by atoms with Gasteiger partial charge in [0.25, 0.3) is 0 Å². The Kier molecular flexibility index (Phi) is 5.01. The lowest BCUT2D eigenvalue weighted by Crippen LogP contribution is -2.40. The quantitative estimate of drug-likeness (QED) is 0.565. The van der Waals surface area contributed by atoms with Gasteiger partial charge < -0.3 is 9.53 Å². The lowest BCUT2D eigenvalue weighted by Gasteiger charge is -2.36. The van der Waals surface area contributed by atoms with Crippen LogP contribution in [0.3, 0.4) is 0 Å². The number of hydrogen-bond donors (Lipinski definition) is 1. The molecule has 1 aliphatic rings. The highest BCUT2D eigenvalue weighted by molar-refractivity contribution is 6.74. The van der Waals surface area contributed by atoms with Crippen LogP contribution in [0.4, 0.5) is 0 Å². The van der Waals surface area contributed by atoms with Crippen LogP contribution in [0.2, 0.25) is 18.1 Å². The second-order valence-electron chi connectivity index (χ2n) is 7.05. The van der Waals surface area contributed by atoms with E-state index in [-0.39, 0.29) is 11.0 Å². The van der Waals surface area contributed by atoms with Crippen molar-refractivity contribution in [3.05, 3.63) is 0 Å². The van der Waals surface area contributed by atoms with Crippen LogP contribution < -0.4 is 0 Å². The largest absolute Gasteiger partial charge is 0.481 e. The van der Waals surface area contributed by atoms with Gasteiger partial charge in [0, 0.05) is 6.61 Å². The molecular weight excluding hydrogens is 244 g/mol. The highest BCUT2D eigenvalue weighted by Crippen LogP contribution is 2.42. The van der Waals surface area contributed by atoms with Gasteiger partial charge in [-0.05, 0) is 43.3 Å². The van der Waals surface area contributed by atoms with Crippen molar-refractivity contribution in [1.29, 1.82) is 0 Å². The molecule has 0 saturated heterocycles. The van der Waals surface area contributed by atoms with Gasteiger partial charge in [-0.15, -0.1) is 0 Å². The molecule has 4 heteroatoms. The van der Waals surface area contributed by atoms with Crippen LogP contribution in [0, 0.1) is 11.8 Å². The monoisotopic (exact) mass is 272 g/mol. The highest BCUT2D eigenvalue weighted by atomic mass is 28.4. The van der Waals surface area contributed by atoms with E-state index in [2.05, 4.69) is 33.9 Å². The minimum atomic E-state index is -1.59. The first-order valence-corrected chi connectivity index (χ1v) is 9.93. The van der Waals surface area contributed by atoms with Crippen LogP contribution in [0.1, 0.15) is 46.5 Å².